The average molecular weight is 400 g/mol. The van der Waals surface area contributed by atoms with Gasteiger partial charge in [-0.15, -0.1) is 0 Å². The van der Waals surface area contributed by atoms with Crippen LogP contribution in [0.5, 0.6) is 0 Å². The lowest BCUT2D eigenvalue weighted by Gasteiger charge is -2.28. The van der Waals surface area contributed by atoms with Gasteiger partial charge in [0.15, 0.2) is 29.6 Å². The molecule has 1 aromatic carbocycles. The van der Waals surface area contributed by atoms with Crippen LogP contribution in [0, 0.1) is 0 Å². The Bertz CT molecular complexity index is 737. The summed E-state index contributed by atoms with van der Waals surface area (Å²) in [5.41, 5.74) is 0.879. The topological polar surface area (TPSA) is 119 Å². The van der Waals surface area contributed by atoms with E-state index in [0.29, 0.717) is 0 Å². The number of ether oxygens (including phenoxy) is 3. The highest BCUT2D eigenvalue weighted by Crippen LogP contribution is 2.52. The largest absolute Gasteiger partial charge is 0.369 e. The van der Waals surface area contributed by atoms with E-state index >= 15 is 0 Å². The van der Waals surface area contributed by atoms with E-state index in [1.165, 1.54) is 13.8 Å². The summed E-state index contributed by atoms with van der Waals surface area (Å²) in [7, 11) is -4.76. The zero-order valence-corrected chi connectivity index (χ0v) is 16.6. The van der Waals surface area contributed by atoms with Crippen molar-refractivity contribution in [1.29, 1.82) is 0 Å². The Morgan fingerprint density at radius 3 is 2.26 bits per heavy atom. The van der Waals surface area contributed by atoms with Crippen molar-refractivity contribution >= 4 is 19.2 Å². The maximum atomic E-state index is 12.7. The molecule has 1 heterocycles. The number of rotatable bonds is 8. The van der Waals surface area contributed by atoms with Gasteiger partial charge >= 0.3 is 7.60 Å². The van der Waals surface area contributed by atoms with Crippen molar-refractivity contribution in [2.45, 2.75) is 57.5 Å². The first kappa shape index (κ1) is 21.9. The number of hydrogen-bond acceptors (Lipinski definition) is 6. The summed E-state index contributed by atoms with van der Waals surface area (Å²) in [5, 5.41) is -2.01. The van der Waals surface area contributed by atoms with E-state index in [9.17, 15) is 23.9 Å². The van der Waals surface area contributed by atoms with Crippen molar-refractivity contribution in [3.63, 3.8) is 0 Å². The van der Waals surface area contributed by atoms with E-state index in [1.54, 1.807) is 0 Å². The minimum absolute atomic E-state index is 0.205. The summed E-state index contributed by atoms with van der Waals surface area (Å²) >= 11 is 0. The highest BCUT2D eigenvalue weighted by Gasteiger charge is 2.56. The number of hydrogen-bond donors (Lipinski definition) is 2. The zero-order chi connectivity index (χ0) is 20.5. The minimum Gasteiger partial charge on any atom is -0.369 e. The molecule has 2 rings (SSSR count). The summed E-state index contributed by atoms with van der Waals surface area (Å²) in [5.74, 6) is -2.66. The van der Waals surface area contributed by atoms with Crippen molar-refractivity contribution in [3.8, 4) is 0 Å². The number of benzene rings is 1. The highest BCUT2D eigenvalue weighted by molar-refractivity contribution is 7.54. The summed E-state index contributed by atoms with van der Waals surface area (Å²) in [6, 6.07) is 9.24. The molecule has 0 aromatic heterocycles. The molecule has 0 amide bonds. The van der Waals surface area contributed by atoms with Crippen LogP contribution < -0.4 is 0 Å². The fraction of sp³-hybridized carbons (Fsp3) is 0.556. The number of Topliss-reactive ketones (excluding diaryl/α,β-unsaturated/α-hetero) is 2. The molecule has 150 valence electrons. The quantitative estimate of drug-likeness (QED) is 0.634. The molecule has 1 aromatic rings. The third-order valence-electron chi connectivity index (χ3n) is 4.36. The van der Waals surface area contributed by atoms with Crippen LogP contribution >= 0.6 is 7.60 Å². The highest BCUT2D eigenvalue weighted by atomic mass is 31.2. The molecule has 1 aliphatic rings. The van der Waals surface area contributed by atoms with E-state index < -0.39 is 42.3 Å². The average Bonchev–Trinajstić information content (AvgIpc) is 2.89. The molecule has 2 N–H and O–H groups in total. The number of carbonyl (C=O) groups is 2. The van der Waals surface area contributed by atoms with Gasteiger partial charge in [0.2, 0.25) is 0 Å². The van der Waals surface area contributed by atoms with Gasteiger partial charge in [-0.25, -0.2) is 0 Å². The molecule has 0 spiro atoms. The lowest BCUT2D eigenvalue weighted by atomic mass is 9.97. The Kier molecular flexibility index (Phi) is 6.41. The van der Waals surface area contributed by atoms with Gasteiger partial charge in [-0.05, 0) is 33.3 Å². The van der Waals surface area contributed by atoms with E-state index in [-0.39, 0.29) is 13.2 Å². The minimum atomic E-state index is -4.76. The second-order valence-corrected chi connectivity index (χ2v) is 9.59. The number of carbonyl (C=O) groups excluding carboxylic acids is 2. The van der Waals surface area contributed by atoms with Gasteiger partial charge < -0.3 is 24.0 Å². The summed E-state index contributed by atoms with van der Waals surface area (Å²) < 4.78 is 28.1. The molecule has 9 heteroatoms. The molecule has 0 aliphatic carbocycles. The van der Waals surface area contributed by atoms with Crippen LogP contribution in [0.2, 0.25) is 0 Å². The van der Waals surface area contributed by atoms with E-state index in [4.69, 9.17) is 14.2 Å². The van der Waals surface area contributed by atoms with Gasteiger partial charge in [0.05, 0.1) is 6.61 Å². The first-order valence-electron chi connectivity index (χ1n) is 8.45. The Morgan fingerprint density at radius 2 is 1.70 bits per heavy atom. The van der Waals surface area contributed by atoms with Crippen LogP contribution in [-0.2, 0) is 35.0 Å². The third-order valence-corrected chi connectivity index (χ3v) is 6.04. The van der Waals surface area contributed by atoms with Crippen LogP contribution in [0.4, 0.5) is 0 Å². The van der Waals surface area contributed by atoms with E-state index in [1.807, 2.05) is 30.3 Å². The van der Waals surface area contributed by atoms with Crippen molar-refractivity contribution in [1.82, 2.24) is 0 Å². The first-order chi connectivity index (χ1) is 12.3. The SMILES string of the molecule is CC1(C)O[C@H](C(=O)COCc2ccccc2)[C@H](C(=O)C(C)(C)P(=O)(O)O)O1. The van der Waals surface area contributed by atoms with Crippen molar-refractivity contribution in [3.05, 3.63) is 35.9 Å². The van der Waals surface area contributed by atoms with Crippen molar-refractivity contribution in [2.75, 3.05) is 6.61 Å². The molecular formula is C18H25O8P. The Morgan fingerprint density at radius 1 is 1.15 bits per heavy atom. The fourth-order valence-corrected chi connectivity index (χ4v) is 3.02. The van der Waals surface area contributed by atoms with E-state index in [2.05, 4.69) is 0 Å². The van der Waals surface area contributed by atoms with Crippen LogP contribution in [0.3, 0.4) is 0 Å². The lowest BCUT2D eigenvalue weighted by molar-refractivity contribution is -0.160. The maximum Gasteiger partial charge on any atom is 0.338 e. The smallest absolute Gasteiger partial charge is 0.338 e. The second-order valence-electron chi connectivity index (χ2n) is 7.39. The molecule has 1 fully saturated rings. The van der Waals surface area contributed by atoms with Gasteiger partial charge in [0.25, 0.3) is 0 Å². The summed E-state index contributed by atoms with van der Waals surface area (Å²) in [4.78, 5) is 44.2. The van der Waals surface area contributed by atoms with Crippen LogP contribution in [-0.4, -0.2) is 51.1 Å². The predicted molar refractivity (Wildman–Crippen MR) is 96.1 cm³/mol. The molecule has 1 saturated heterocycles. The second kappa shape index (κ2) is 7.91. The van der Waals surface area contributed by atoms with Crippen molar-refractivity contribution in [2.24, 2.45) is 0 Å². The summed E-state index contributed by atoms with van der Waals surface area (Å²) in [6.07, 6.45) is -2.72. The zero-order valence-electron chi connectivity index (χ0n) is 15.7. The fourth-order valence-electron chi connectivity index (χ4n) is 2.61. The molecule has 0 bridgehead atoms. The van der Waals surface area contributed by atoms with Gasteiger partial charge in [-0.2, -0.15) is 0 Å². The molecule has 27 heavy (non-hydrogen) atoms. The Labute approximate surface area is 158 Å². The van der Waals surface area contributed by atoms with Gasteiger partial charge in [-0.3, -0.25) is 14.2 Å². The third kappa shape index (κ3) is 5.10. The lowest BCUT2D eigenvalue weighted by Crippen LogP contribution is -2.47. The molecular weight excluding hydrogens is 375 g/mol. The molecule has 8 nitrogen and oxygen atoms in total. The standard InChI is InChI=1S/C18H25O8P/c1-17(2,27(21,22)23)16(20)15-14(25-18(3,4)26-15)13(19)11-24-10-12-8-6-5-7-9-12/h5-9,14-15H,10-11H2,1-4H3,(H2,21,22,23)/t14-,15-/m1/s1. The van der Waals surface area contributed by atoms with Crippen molar-refractivity contribution < 1.29 is 38.2 Å². The molecule has 0 radical (unpaired) electrons. The summed E-state index contributed by atoms with van der Waals surface area (Å²) in [6.45, 7) is 5.18. The first-order valence-corrected chi connectivity index (χ1v) is 10.1. The van der Waals surface area contributed by atoms with Crippen LogP contribution in [0.1, 0.15) is 33.3 Å². The molecule has 0 saturated carbocycles. The van der Waals surface area contributed by atoms with Crippen LogP contribution in [0.25, 0.3) is 0 Å². The van der Waals surface area contributed by atoms with Gasteiger partial charge in [-0.1, -0.05) is 30.3 Å². The number of ketones is 2. The molecule has 2 atom stereocenters. The Balaban J connectivity index is 2.09. The monoisotopic (exact) mass is 400 g/mol. The van der Waals surface area contributed by atoms with Gasteiger partial charge in [0.1, 0.15) is 11.8 Å². The Hall–Kier alpha value is -1.41. The van der Waals surface area contributed by atoms with E-state index in [0.717, 1.165) is 19.4 Å². The molecule has 0 unspecified atom stereocenters. The van der Waals surface area contributed by atoms with Gasteiger partial charge in [0, 0.05) is 0 Å². The predicted octanol–water partition coefficient (Wildman–Crippen LogP) is 1.82. The normalized spacial score (nSPS) is 22.6. The van der Waals surface area contributed by atoms with Crippen LogP contribution in [0.15, 0.2) is 30.3 Å². The maximum absolute atomic E-state index is 12.7. The molecule has 1 aliphatic heterocycles.